The van der Waals surface area contributed by atoms with Gasteiger partial charge in [0.1, 0.15) is 0 Å². The molecule has 0 aliphatic carbocycles. The van der Waals surface area contributed by atoms with E-state index < -0.39 is 0 Å². The quantitative estimate of drug-likeness (QED) is 0.605. The first-order valence-corrected chi connectivity index (χ1v) is 7.25. The largest absolute Gasteiger partial charge is 0.317 e. The van der Waals surface area contributed by atoms with Crippen LogP contribution in [0.3, 0.4) is 0 Å². The molecule has 0 spiro atoms. The Kier molecular flexibility index (Phi) is 8.89. The van der Waals surface area contributed by atoms with Crippen molar-refractivity contribution < 1.29 is 0 Å². The van der Waals surface area contributed by atoms with Crippen molar-refractivity contribution in [2.45, 2.75) is 66.8 Å². The van der Waals surface area contributed by atoms with Crippen molar-refractivity contribution in [1.29, 1.82) is 0 Å². The third-order valence-corrected chi connectivity index (χ3v) is 2.86. The lowest BCUT2D eigenvalue weighted by Crippen LogP contribution is -2.27. The van der Waals surface area contributed by atoms with E-state index in [4.69, 9.17) is 0 Å². The Labute approximate surface area is 109 Å². The SMILES string of the molecule is CC(CCNCCCNC(C)C)CC(C)(C)C. The standard InChI is InChI=1S/C15H34N2/c1-13(2)17-10-7-9-16-11-8-14(3)12-15(4,5)6/h13-14,16-17H,7-12H2,1-6H3. The van der Waals surface area contributed by atoms with E-state index in [0.717, 1.165) is 19.0 Å². The van der Waals surface area contributed by atoms with Crippen LogP contribution in [0.1, 0.15) is 60.8 Å². The minimum Gasteiger partial charge on any atom is -0.317 e. The Morgan fingerprint density at radius 1 is 0.941 bits per heavy atom. The average molecular weight is 242 g/mol. The van der Waals surface area contributed by atoms with Gasteiger partial charge in [0.05, 0.1) is 0 Å². The van der Waals surface area contributed by atoms with Gasteiger partial charge in [0.2, 0.25) is 0 Å². The van der Waals surface area contributed by atoms with Crippen molar-refractivity contribution in [3.8, 4) is 0 Å². The molecular formula is C15H34N2. The van der Waals surface area contributed by atoms with Crippen molar-refractivity contribution in [1.82, 2.24) is 10.6 Å². The fourth-order valence-electron chi connectivity index (χ4n) is 2.23. The van der Waals surface area contributed by atoms with Crippen LogP contribution < -0.4 is 10.6 Å². The van der Waals surface area contributed by atoms with E-state index in [0.29, 0.717) is 11.5 Å². The summed E-state index contributed by atoms with van der Waals surface area (Å²) in [6.45, 7) is 17.2. The third-order valence-electron chi connectivity index (χ3n) is 2.86. The van der Waals surface area contributed by atoms with E-state index in [-0.39, 0.29) is 0 Å². The zero-order chi connectivity index (χ0) is 13.3. The molecule has 1 unspecified atom stereocenters. The predicted molar refractivity (Wildman–Crippen MR) is 78.5 cm³/mol. The summed E-state index contributed by atoms with van der Waals surface area (Å²) in [5.41, 5.74) is 0.473. The van der Waals surface area contributed by atoms with Gasteiger partial charge in [-0.2, -0.15) is 0 Å². The van der Waals surface area contributed by atoms with E-state index in [1.54, 1.807) is 0 Å². The molecule has 2 heteroatoms. The van der Waals surface area contributed by atoms with E-state index >= 15 is 0 Å². The van der Waals surface area contributed by atoms with E-state index in [9.17, 15) is 0 Å². The summed E-state index contributed by atoms with van der Waals surface area (Å²) in [4.78, 5) is 0. The van der Waals surface area contributed by atoms with Crippen LogP contribution in [0.15, 0.2) is 0 Å². The molecule has 2 N–H and O–H groups in total. The van der Waals surface area contributed by atoms with Crippen molar-refractivity contribution in [3.05, 3.63) is 0 Å². The average Bonchev–Trinajstić information content (AvgIpc) is 2.12. The van der Waals surface area contributed by atoms with Gasteiger partial charge in [0.15, 0.2) is 0 Å². The molecule has 0 rings (SSSR count). The summed E-state index contributed by atoms with van der Waals surface area (Å²) in [6.07, 6.45) is 3.85. The molecule has 2 nitrogen and oxygen atoms in total. The minimum absolute atomic E-state index is 0.473. The van der Waals surface area contributed by atoms with Gasteiger partial charge in [-0.05, 0) is 50.2 Å². The Balaban J connectivity index is 3.28. The predicted octanol–water partition coefficient (Wildman–Crippen LogP) is 3.43. The van der Waals surface area contributed by atoms with Gasteiger partial charge in [-0.3, -0.25) is 0 Å². The minimum atomic E-state index is 0.473. The summed E-state index contributed by atoms with van der Waals surface area (Å²) in [5, 5.41) is 6.97. The Morgan fingerprint density at radius 2 is 1.59 bits per heavy atom. The van der Waals surface area contributed by atoms with Gasteiger partial charge in [0, 0.05) is 6.04 Å². The Hall–Kier alpha value is -0.0800. The summed E-state index contributed by atoms with van der Waals surface area (Å²) >= 11 is 0. The monoisotopic (exact) mass is 242 g/mol. The zero-order valence-corrected chi connectivity index (χ0v) is 12.9. The van der Waals surface area contributed by atoms with Crippen LogP contribution in [0.4, 0.5) is 0 Å². The maximum absolute atomic E-state index is 3.54. The summed E-state index contributed by atoms with van der Waals surface area (Å²) < 4.78 is 0. The topological polar surface area (TPSA) is 24.1 Å². The van der Waals surface area contributed by atoms with Crippen molar-refractivity contribution >= 4 is 0 Å². The first-order valence-electron chi connectivity index (χ1n) is 7.25. The van der Waals surface area contributed by atoms with Crippen LogP contribution >= 0.6 is 0 Å². The van der Waals surface area contributed by atoms with Crippen LogP contribution in [0.5, 0.6) is 0 Å². The summed E-state index contributed by atoms with van der Waals surface area (Å²) in [5.74, 6) is 0.830. The Morgan fingerprint density at radius 3 is 2.12 bits per heavy atom. The first-order chi connectivity index (χ1) is 7.81. The fraction of sp³-hybridized carbons (Fsp3) is 1.00. The summed E-state index contributed by atoms with van der Waals surface area (Å²) in [7, 11) is 0. The lowest BCUT2D eigenvalue weighted by Gasteiger charge is -2.23. The maximum atomic E-state index is 3.54. The fourth-order valence-corrected chi connectivity index (χ4v) is 2.23. The van der Waals surface area contributed by atoms with Gasteiger partial charge in [-0.15, -0.1) is 0 Å². The van der Waals surface area contributed by atoms with Gasteiger partial charge in [-0.25, -0.2) is 0 Å². The lowest BCUT2D eigenvalue weighted by molar-refractivity contribution is 0.294. The Bertz CT molecular complexity index is 170. The van der Waals surface area contributed by atoms with Gasteiger partial charge >= 0.3 is 0 Å². The van der Waals surface area contributed by atoms with E-state index in [1.165, 1.54) is 25.8 Å². The molecule has 0 fully saturated rings. The van der Waals surface area contributed by atoms with Crippen LogP contribution in [0.2, 0.25) is 0 Å². The molecule has 0 saturated carbocycles. The van der Waals surface area contributed by atoms with Crippen molar-refractivity contribution in [3.63, 3.8) is 0 Å². The molecule has 0 aliphatic heterocycles. The number of rotatable bonds is 9. The highest BCUT2D eigenvalue weighted by Crippen LogP contribution is 2.25. The smallest absolute Gasteiger partial charge is 0.00103 e. The number of hydrogen-bond acceptors (Lipinski definition) is 2. The van der Waals surface area contributed by atoms with Crippen molar-refractivity contribution in [2.24, 2.45) is 11.3 Å². The molecule has 0 radical (unpaired) electrons. The van der Waals surface area contributed by atoms with Gasteiger partial charge < -0.3 is 10.6 Å². The van der Waals surface area contributed by atoms with Crippen molar-refractivity contribution in [2.75, 3.05) is 19.6 Å². The second kappa shape index (κ2) is 8.93. The number of hydrogen-bond donors (Lipinski definition) is 2. The molecule has 0 amide bonds. The maximum Gasteiger partial charge on any atom is 0.00103 e. The molecule has 0 aliphatic rings. The first kappa shape index (κ1) is 16.9. The molecule has 1 atom stereocenters. The highest BCUT2D eigenvalue weighted by Gasteiger charge is 2.14. The van der Waals surface area contributed by atoms with Crippen LogP contribution in [0, 0.1) is 11.3 Å². The third kappa shape index (κ3) is 13.9. The van der Waals surface area contributed by atoms with E-state index in [1.807, 2.05) is 0 Å². The van der Waals surface area contributed by atoms with Gasteiger partial charge in [0.25, 0.3) is 0 Å². The molecule has 17 heavy (non-hydrogen) atoms. The normalized spacial score (nSPS) is 14.3. The van der Waals surface area contributed by atoms with Crippen LogP contribution in [0.25, 0.3) is 0 Å². The van der Waals surface area contributed by atoms with Gasteiger partial charge in [-0.1, -0.05) is 41.5 Å². The molecule has 0 saturated heterocycles. The van der Waals surface area contributed by atoms with Crippen LogP contribution in [-0.4, -0.2) is 25.7 Å². The number of nitrogens with one attached hydrogen (secondary N) is 2. The van der Waals surface area contributed by atoms with E-state index in [2.05, 4.69) is 52.2 Å². The molecule has 0 aromatic rings. The molecular weight excluding hydrogens is 208 g/mol. The lowest BCUT2D eigenvalue weighted by atomic mass is 9.84. The molecule has 0 aromatic carbocycles. The molecule has 0 aromatic heterocycles. The summed E-state index contributed by atoms with van der Waals surface area (Å²) in [6, 6.07) is 0.613. The zero-order valence-electron chi connectivity index (χ0n) is 12.9. The molecule has 0 heterocycles. The van der Waals surface area contributed by atoms with Crippen LogP contribution in [-0.2, 0) is 0 Å². The second-order valence-electron chi connectivity index (χ2n) is 6.87. The highest BCUT2D eigenvalue weighted by molar-refractivity contribution is 4.67. The molecule has 0 bridgehead atoms. The highest BCUT2D eigenvalue weighted by atomic mass is 14.9. The molecule has 104 valence electrons. The second-order valence-corrected chi connectivity index (χ2v) is 6.87.